The third-order valence-corrected chi connectivity index (χ3v) is 1.58. The van der Waals surface area contributed by atoms with E-state index in [-0.39, 0.29) is 11.7 Å². The van der Waals surface area contributed by atoms with Crippen LogP contribution in [0.5, 0.6) is 5.75 Å². The zero-order chi connectivity index (χ0) is 12.2. The van der Waals surface area contributed by atoms with E-state index in [9.17, 15) is 18.0 Å². The molecule has 1 N–H and O–H groups in total. The minimum absolute atomic E-state index is 0.103. The number of carbonyl (C=O) groups is 1. The first-order valence-electron chi connectivity index (χ1n) is 4.44. The molecule has 0 aliphatic rings. The van der Waals surface area contributed by atoms with E-state index in [1.807, 2.05) is 0 Å². The van der Waals surface area contributed by atoms with Crippen molar-refractivity contribution in [2.75, 3.05) is 11.9 Å². The van der Waals surface area contributed by atoms with Crippen LogP contribution < -0.4 is 10.1 Å². The molecule has 3 nitrogen and oxygen atoms in total. The molecule has 88 valence electrons. The maximum absolute atomic E-state index is 11.8. The average molecular weight is 233 g/mol. The lowest BCUT2D eigenvalue weighted by molar-refractivity contribution is -0.153. The van der Waals surface area contributed by atoms with Crippen molar-refractivity contribution >= 4 is 11.6 Å². The molecule has 0 saturated heterocycles. The molecule has 6 heteroatoms. The smallest absolute Gasteiger partial charge is 0.422 e. The number of halogens is 3. The Morgan fingerprint density at radius 3 is 2.31 bits per heavy atom. The van der Waals surface area contributed by atoms with Gasteiger partial charge < -0.3 is 10.1 Å². The number of hydrogen-bond acceptors (Lipinski definition) is 2. The molecule has 0 bridgehead atoms. The predicted octanol–water partition coefficient (Wildman–Crippen LogP) is 2.59. The highest BCUT2D eigenvalue weighted by atomic mass is 19.4. The Balaban J connectivity index is 2.55. The third-order valence-electron chi connectivity index (χ3n) is 1.58. The lowest BCUT2D eigenvalue weighted by Crippen LogP contribution is -2.19. The van der Waals surface area contributed by atoms with Crippen LogP contribution in [0, 0.1) is 0 Å². The molecule has 1 rings (SSSR count). The fourth-order valence-electron chi connectivity index (χ4n) is 1.00. The summed E-state index contributed by atoms with van der Waals surface area (Å²) in [4.78, 5) is 10.7. The van der Waals surface area contributed by atoms with Gasteiger partial charge in [0.15, 0.2) is 6.61 Å². The molecule has 1 aromatic rings. The number of alkyl halides is 3. The van der Waals surface area contributed by atoms with Crippen LogP contribution in [0.1, 0.15) is 6.92 Å². The Labute approximate surface area is 90.2 Å². The minimum Gasteiger partial charge on any atom is -0.484 e. The quantitative estimate of drug-likeness (QED) is 0.871. The first-order chi connectivity index (χ1) is 7.37. The van der Waals surface area contributed by atoms with Crippen molar-refractivity contribution < 1.29 is 22.7 Å². The summed E-state index contributed by atoms with van der Waals surface area (Å²) in [6.45, 7) is 0.0144. The SMILES string of the molecule is CC(=O)Nc1ccc(OCC(F)(F)F)cc1. The Morgan fingerprint density at radius 2 is 1.88 bits per heavy atom. The molecule has 0 saturated carbocycles. The van der Waals surface area contributed by atoms with Gasteiger partial charge in [-0.05, 0) is 24.3 Å². The standard InChI is InChI=1S/C10H10F3NO2/c1-7(15)14-8-2-4-9(5-3-8)16-6-10(11,12)13/h2-5H,6H2,1H3,(H,14,15). The van der Waals surface area contributed by atoms with Crippen molar-refractivity contribution in [3.05, 3.63) is 24.3 Å². The number of carbonyl (C=O) groups excluding carboxylic acids is 1. The maximum Gasteiger partial charge on any atom is 0.422 e. The lowest BCUT2D eigenvalue weighted by atomic mass is 10.3. The molecule has 1 amide bonds. The van der Waals surface area contributed by atoms with Gasteiger partial charge in [0.05, 0.1) is 0 Å². The number of amides is 1. The number of ether oxygens (including phenoxy) is 1. The van der Waals surface area contributed by atoms with Crippen molar-refractivity contribution in [1.29, 1.82) is 0 Å². The summed E-state index contributed by atoms with van der Waals surface area (Å²) in [6.07, 6.45) is -4.35. The van der Waals surface area contributed by atoms with E-state index in [1.54, 1.807) is 0 Å². The molecule has 1 aromatic carbocycles. The van der Waals surface area contributed by atoms with Crippen molar-refractivity contribution in [1.82, 2.24) is 0 Å². The van der Waals surface area contributed by atoms with Crippen LogP contribution in [0.4, 0.5) is 18.9 Å². The second kappa shape index (κ2) is 4.87. The van der Waals surface area contributed by atoms with Crippen molar-refractivity contribution in [2.24, 2.45) is 0 Å². The van der Waals surface area contributed by atoms with Gasteiger partial charge in [-0.3, -0.25) is 4.79 Å². The number of hydrogen-bond donors (Lipinski definition) is 1. The maximum atomic E-state index is 11.8. The zero-order valence-corrected chi connectivity index (χ0v) is 8.47. The van der Waals surface area contributed by atoms with Crippen LogP contribution >= 0.6 is 0 Å². The summed E-state index contributed by atoms with van der Waals surface area (Å²) >= 11 is 0. The van der Waals surface area contributed by atoms with Crippen LogP contribution in [0.25, 0.3) is 0 Å². The normalized spacial score (nSPS) is 11.0. The van der Waals surface area contributed by atoms with Gasteiger partial charge in [0.25, 0.3) is 0 Å². The Kier molecular flexibility index (Phi) is 3.76. The monoisotopic (exact) mass is 233 g/mol. The van der Waals surface area contributed by atoms with E-state index in [2.05, 4.69) is 10.1 Å². The van der Waals surface area contributed by atoms with Gasteiger partial charge in [-0.2, -0.15) is 13.2 Å². The molecule has 0 heterocycles. The molecule has 0 aliphatic carbocycles. The van der Waals surface area contributed by atoms with Crippen molar-refractivity contribution in [2.45, 2.75) is 13.1 Å². The predicted molar refractivity (Wildman–Crippen MR) is 52.3 cm³/mol. The van der Waals surface area contributed by atoms with Gasteiger partial charge in [-0.25, -0.2) is 0 Å². The first-order valence-corrected chi connectivity index (χ1v) is 4.44. The summed E-state index contributed by atoms with van der Waals surface area (Å²) in [5.74, 6) is -0.143. The van der Waals surface area contributed by atoms with Gasteiger partial charge in [-0.15, -0.1) is 0 Å². The molecule has 0 unspecified atom stereocenters. The second-order valence-corrected chi connectivity index (χ2v) is 3.11. The van der Waals surface area contributed by atoms with E-state index in [0.29, 0.717) is 5.69 Å². The van der Waals surface area contributed by atoms with Gasteiger partial charge in [0.2, 0.25) is 5.91 Å². The molecule has 0 fully saturated rings. The minimum atomic E-state index is -4.35. The summed E-state index contributed by atoms with van der Waals surface area (Å²) in [6, 6.07) is 5.65. The van der Waals surface area contributed by atoms with E-state index < -0.39 is 12.8 Å². The van der Waals surface area contributed by atoms with Gasteiger partial charge in [-0.1, -0.05) is 0 Å². The van der Waals surface area contributed by atoms with E-state index >= 15 is 0 Å². The van der Waals surface area contributed by atoms with Crippen molar-refractivity contribution in [3.63, 3.8) is 0 Å². The zero-order valence-electron chi connectivity index (χ0n) is 8.47. The fourth-order valence-corrected chi connectivity index (χ4v) is 1.00. The highest BCUT2D eigenvalue weighted by Crippen LogP contribution is 2.20. The Morgan fingerprint density at radius 1 is 1.31 bits per heavy atom. The van der Waals surface area contributed by atoms with E-state index in [1.165, 1.54) is 31.2 Å². The van der Waals surface area contributed by atoms with Crippen LogP contribution in [-0.2, 0) is 4.79 Å². The molecule has 0 spiro atoms. The highest BCUT2D eigenvalue weighted by Gasteiger charge is 2.28. The highest BCUT2D eigenvalue weighted by molar-refractivity contribution is 5.88. The van der Waals surface area contributed by atoms with E-state index in [0.717, 1.165) is 0 Å². The number of anilines is 1. The van der Waals surface area contributed by atoms with Crippen LogP contribution in [0.15, 0.2) is 24.3 Å². The molecule has 16 heavy (non-hydrogen) atoms. The molecule has 0 atom stereocenters. The third kappa shape index (κ3) is 4.68. The summed E-state index contributed by atoms with van der Waals surface area (Å²) < 4.78 is 39.9. The average Bonchev–Trinajstić information content (AvgIpc) is 2.14. The molecular weight excluding hydrogens is 223 g/mol. The molecule has 0 aromatic heterocycles. The number of benzene rings is 1. The van der Waals surface area contributed by atoms with Gasteiger partial charge in [0, 0.05) is 12.6 Å². The number of rotatable bonds is 3. The largest absolute Gasteiger partial charge is 0.484 e. The molecule has 0 radical (unpaired) electrons. The number of nitrogens with one attached hydrogen (secondary N) is 1. The van der Waals surface area contributed by atoms with Crippen molar-refractivity contribution in [3.8, 4) is 5.75 Å². The summed E-state index contributed by atoms with van der Waals surface area (Å²) in [7, 11) is 0. The topological polar surface area (TPSA) is 38.3 Å². The second-order valence-electron chi connectivity index (χ2n) is 3.11. The van der Waals surface area contributed by atoms with Gasteiger partial charge >= 0.3 is 6.18 Å². The Bertz CT molecular complexity index is 359. The van der Waals surface area contributed by atoms with E-state index in [4.69, 9.17) is 0 Å². The van der Waals surface area contributed by atoms with Crippen LogP contribution in [-0.4, -0.2) is 18.7 Å². The van der Waals surface area contributed by atoms with Crippen LogP contribution in [0.2, 0.25) is 0 Å². The summed E-state index contributed by atoms with van der Waals surface area (Å²) in [5, 5.41) is 2.49. The first kappa shape index (κ1) is 12.4. The lowest BCUT2D eigenvalue weighted by Gasteiger charge is -2.09. The molecule has 0 aliphatic heterocycles. The summed E-state index contributed by atoms with van der Waals surface area (Å²) in [5.41, 5.74) is 0.506. The van der Waals surface area contributed by atoms with Crippen LogP contribution in [0.3, 0.4) is 0 Å². The van der Waals surface area contributed by atoms with Gasteiger partial charge in [0.1, 0.15) is 5.75 Å². The molecular formula is C10H10F3NO2. The Hall–Kier alpha value is -1.72. The fraction of sp³-hybridized carbons (Fsp3) is 0.300.